The van der Waals surface area contributed by atoms with Gasteiger partial charge in [0.2, 0.25) is 0 Å². The van der Waals surface area contributed by atoms with E-state index in [9.17, 15) is 4.79 Å². The first kappa shape index (κ1) is 19.6. The van der Waals surface area contributed by atoms with Crippen molar-refractivity contribution in [1.29, 1.82) is 0 Å². The third-order valence-corrected chi connectivity index (χ3v) is 6.17. The van der Waals surface area contributed by atoms with E-state index in [2.05, 4.69) is 29.8 Å². The molecule has 148 valence electrons. The molecule has 0 aliphatic heterocycles. The number of benzene rings is 2. The molecule has 0 amide bonds. The van der Waals surface area contributed by atoms with Crippen LogP contribution in [-0.2, 0) is 0 Å². The van der Waals surface area contributed by atoms with E-state index in [-0.39, 0.29) is 0 Å². The predicted molar refractivity (Wildman–Crippen MR) is 121 cm³/mol. The maximum atomic E-state index is 11.9. The van der Waals surface area contributed by atoms with E-state index in [1.807, 2.05) is 42.5 Å². The van der Waals surface area contributed by atoms with Crippen LogP contribution in [0.4, 0.5) is 0 Å². The van der Waals surface area contributed by atoms with Crippen LogP contribution in [0, 0.1) is 0 Å². The van der Waals surface area contributed by atoms with Crippen molar-refractivity contribution in [2.24, 2.45) is 0 Å². The Morgan fingerprint density at radius 1 is 1.00 bits per heavy atom. The summed E-state index contributed by atoms with van der Waals surface area (Å²) in [7, 11) is 0. The van der Waals surface area contributed by atoms with Gasteiger partial charge in [0.15, 0.2) is 12.1 Å². The van der Waals surface area contributed by atoms with E-state index >= 15 is 0 Å². The molecular formula is C23H24N4OS. The van der Waals surface area contributed by atoms with Crippen molar-refractivity contribution in [1.82, 2.24) is 19.9 Å². The third-order valence-electron chi connectivity index (χ3n) is 5.20. The fourth-order valence-electron chi connectivity index (χ4n) is 3.54. The Morgan fingerprint density at radius 3 is 2.48 bits per heavy atom. The van der Waals surface area contributed by atoms with E-state index in [0.29, 0.717) is 17.1 Å². The molecule has 29 heavy (non-hydrogen) atoms. The number of carbonyl (C=O) groups excluding carboxylic acids is 1. The molecule has 0 spiro atoms. The summed E-state index contributed by atoms with van der Waals surface area (Å²) >= 11 is 1.74. The van der Waals surface area contributed by atoms with Crippen molar-refractivity contribution >= 4 is 39.9 Å². The summed E-state index contributed by atoms with van der Waals surface area (Å²) in [5.74, 6) is 1.52. The molecule has 0 fully saturated rings. The molecular weight excluding hydrogens is 380 g/mol. The number of hydrogen-bond donors (Lipinski definition) is 1. The summed E-state index contributed by atoms with van der Waals surface area (Å²) in [5.41, 5.74) is 3.09. The maximum Gasteiger partial charge on any atom is 0.178 e. The van der Waals surface area contributed by atoms with E-state index in [4.69, 9.17) is 9.97 Å². The molecule has 0 aliphatic carbocycles. The number of para-hydroxylation sites is 2. The van der Waals surface area contributed by atoms with Gasteiger partial charge in [-0.1, -0.05) is 50.2 Å². The molecule has 2 aromatic heterocycles. The van der Waals surface area contributed by atoms with Crippen LogP contribution in [-0.4, -0.2) is 51.5 Å². The first-order valence-electron chi connectivity index (χ1n) is 9.93. The van der Waals surface area contributed by atoms with E-state index in [1.165, 1.54) is 0 Å². The number of nitrogens with zero attached hydrogens (tertiary/aromatic N) is 3. The number of aromatic nitrogens is 3. The molecule has 1 N–H and O–H groups in total. The number of aromatic amines is 1. The maximum absolute atomic E-state index is 11.9. The third kappa shape index (κ3) is 3.91. The van der Waals surface area contributed by atoms with Gasteiger partial charge in [-0.05, 0) is 25.2 Å². The van der Waals surface area contributed by atoms with E-state index in [0.717, 1.165) is 58.5 Å². The number of thioether (sulfide) groups is 1. The van der Waals surface area contributed by atoms with Gasteiger partial charge in [-0.2, -0.15) is 0 Å². The zero-order valence-corrected chi connectivity index (χ0v) is 17.5. The van der Waals surface area contributed by atoms with Gasteiger partial charge in [0.1, 0.15) is 5.03 Å². The van der Waals surface area contributed by atoms with Crippen molar-refractivity contribution in [2.75, 3.05) is 25.4 Å². The largest absolute Gasteiger partial charge is 0.351 e. The molecule has 0 saturated heterocycles. The lowest BCUT2D eigenvalue weighted by molar-refractivity contribution is 0.112. The van der Waals surface area contributed by atoms with E-state index in [1.54, 1.807) is 11.8 Å². The topological polar surface area (TPSA) is 61.9 Å². The van der Waals surface area contributed by atoms with Gasteiger partial charge in [-0.3, -0.25) is 4.79 Å². The lowest BCUT2D eigenvalue weighted by Crippen LogP contribution is -2.25. The Kier molecular flexibility index (Phi) is 5.92. The first-order valence-corrected chi connectivity index (χ1v) is 10.9. The van der Waals surface area contributed by atoms with Crippen LogP contribution in [0.3, 0.4) is 0 Å². The standard InChI is InChI=1S/C23H24N4OS/c1-3-27(4-2)13-14-29-23-17-10-6-8-12-20(17)25-22(26-23)21-18(15-28)16-9-5-7-11-19(16)24-21/h5-12,15,24H,3-4,13-14H2,1-2H3. The lowest BCUT2D eigenvalue weighted by Gasteiger charge is -2.17. The monoisotopic (exact) mass is 404 g/mol. The van der Waals surface area contributed by atoms with Crippen molar-refractivity contribution in [3.8, 4) is 11.5 Å². The number of rotatable bonds is 8. The van der Waals surface area contributed by atoms with Crippen LogP contribution < -0.4 is 0 Å². The van der Waals surface area contributed by atoms with Gasteiger partial charge >= 0.3 is 0 Å². The Bertz CT molecular complexity index is 1150. The molecule has 2 aromatic carbocycles. The van der Waals surface area contributed by atoms with Crippen LogP contribution in [0.15, 0.2) is 53.6 Å². The fourth-order valence-corrected chi connectivity index (χ4v) is 4.56. The molecule has 6 heteroatoms. The SMILES string of the molecule is CCN(CC)CCSc1nc(-c2[nH]c3ccccc3c2C=O)nc2ccccc12. The smallest absolute Gasteiger partial charge is 0.178 e. The molecule has 5 nitrogen and oxygen atoms in total. The summed E-state index contributed by atoms with van der Waals surface area (Å²) in [6.45, 7) is 7.47. The fraction of sp³-hybridized carbons (Fsp3) is 0.261. The second-order valence-electron chi connectivity index (χ2n) is 6.82. The Balaban J connectivity index is 1.77. The second kappa shape index (κ2) is 8.76. The second-order valence-corrected chi connectivity index (χ2v) is 7.91. The van der Waals surface area contributed by atoms with Crippen LogP contribution in [0.25, 0.3) is 33.3 Å². The first-order chi connectivity index (χ1) is 14.2. The average Bonchev–Trinajstić information content (AvgIpc) is 3.15. The van der Waals surface area contributed by atoms with Crippen molar-refractivity contribution < 1.29 is 4.79 Å². The van der Waals surface area contributed by atoms with Crippen LogP contribution in [0.5, 0.6) is 0 Å². The molecule has 4 rings (SSSR count). The summed E-state index contributed by atoms with van der Waals surface area (Å²) in [6.07, 6.45) is 0.889. The van der Waals surface area contributed by atoms with Crippen LogP contribution in [0.2, 0.25) is 0 Å². The van der Waals surface area contributed by atoms with Crippen molar-refractivity contribution in [2.45, 2.75) is 18.9 Å². The molecule has 0 saturated carbocycles. The highest BCUT2D eigenvalue weighted by atomic mass is 32.2. The summed E-state index contributed by atoms with van der Waals surface area (Å²) in [5, 5.41) is 2.89. The summed E-state index contributed by atoms with van der Waals surface area (Å²) in [4.78, 5) is 27.2. The van der Waals surface area contributed by atoms with Crippen molar-refractivity contribution in [3.63, 3.8) is 0 Å². The van der Waals surface area contributed by atoms with Crippen LogP contribution >= 0.6 is 11.8 Å². The molecule has 0 atom stereocenters. The van der Waals surface area contributed by atoms with Gasteiger partial charge in [0.25, 0.3) is 0 Å². The van der Waals surface area contributed by atoms with Gasteiger partial charge in [0, 0.05) is 28.6 Å². The minimum absolute atomic E-state index is 0.562. The molecule has 2 heterocycles. The van der Waals surface area contributed by atoms with Crippen molar-refractivity contribution in [3.05, 3.63) is 54.1 Å². The number of fused-ring (bicyclic) bond motifs is 2. The zero-order chi connectivity index (χ0) is 20.2. The van der Waals surface area contributed by atoms with Gasteiger partial charge in [0.05, 0.1) is 16.8 Å². The van der Waals surface area contributed by atoms with E-state index < -0.39 is 0 Å². The summed E-state index contributed by atoms with van der Waals surface area (Å²) in [6, 6.07) is 15.8. The molecule has 0 radical (unpaired) electrons. The number of H-pyrrole nitrogens is 1. The normalized spacial score (nSPS) is 11.6. The van der Waals surface area contributed by atoms with Gasteiger partial charge in [-0.15, -0.1) is 11.8 Å². The predicted octanol–water partition coefficient (Wildman–Crippen LogP) is 5.02. The zero-order valence-electron chi connectivity index (χ0n) is 16.7. The Hall–Kier alpha value is -2.70. The number of nitrogens with one attached hydrogen (secondary N) is 1. The minimum Gasteiger partial charge on any atom is -0.351 e. The average molecular weight is 405 g/mol. The van der Waals surface area contributed by atoms with Crippen LogP contribution in [0.1, 0.15) is 24.2 Å². The molecule has 0 unspecified atom stereocenters. The number of hydrogen-bond acceptors (Lipinski definition) is 5. The number of carbonyl (C=O) groups is 1. The summed E-state index contributed by atoms with van der Waals surface area (Å²) < 4.78 is 0. The highest BCUT2D eigenvalue weighted by Crippen LogP contribution is 2.31. The highest BCUT2D eigenvalue weighted by Gasteiger charge is 2.17. The van der Waals surface area contributed by atoms with Gasteiger partial charge in [-0.25, -0.2) is 9.97 Å². The highest BCUT2D eigenvalue weighted by molar-refractivity contribution is 7.99. The Labute approximate surface area is 174 Å². The molecule has 0 bridgehead atoms. The van der Waals surface area contributed by atoms with Gasteiger partial charge < -0.3 is 9.88 Å². The quantitative estimate of drug-likeness (QED) is 0.254. The lowest BCUT2D eigenvalue weighted by atomic mass is 10.1. The minimum atomic E-state index is 0.562. The molecule has 0 aliphatic rings. The Morgan fingerprint density at radius 2 is 1.72 bits per heavy atom. The molecule has 4 aromatic rings. The number of aldehydes is 1.